The smallest absolute Gasteiger partial charge is 0.255 e. The molecule has 2 N–H and O–H groups in total. The minimum atomic E-state index is -0.457. The van der Waals surface area contributed by atoms with Gasteiger partial charge in [-0.15, -0.1) is 0 Å². The molecule has 1 aliphatic heterocycles. The number of hydrogen-bond donors (Lipinski definition) is 1. The average molecular weight is 141 g/mol. The first kappa shape index (κ1) is 7.54. The van der Waals surface area contributed by atoms with Gasteiger partial charge in [-0.2, -0.15) is 0 Å². The third-order valence-corrected chi connectivity index (χ3v) is 1.88. The summed E-state index contributed by atoms with van der Waals surface area (Å²) in [5, 5.41) is 3.04. The maximum atomic E-state index is 10.6. The van der Waals surface area contributed by atoms with Crippen LogP contribution in [0.1, 0.15) is 25.7 Å². The predicted octanol–water partition coefficient (Wildman–Crippen LogP) is 0.328. The van der Waals surface area contributed by atoms with Crippen LogP contribution in [0.3, 0.4) is 0 Å². The highest BCUT2D eigenvalue weighted by molar-refractivity contribution is 5.79. The summed E-state index contributed by atoms with van der Waals surface area (Å²) in [6, 6.07) is -0.178. The first-order valence-corrected chi connectivity index (χ1v) is 3.79. The van der Waals surface area contributed by atoms with Gasteiger partial charge in [0.1, 0.15) is 0 Å². The number of carbonyl (C=O) groups excluding carboxylic acids is 1. The summed E-state index contributed by atoms with van der Waals surface area (Å²) in [5.41, 5.74) is 6.87. The zero-order valence-corrected chi connectivity index (χ0v) is 6.02. The van der Waals surface area contributed by atoms with E-state index in [2.05, 4.69) is 5.32 Å². The zero-order chi connectivity index (χ0) is 7.40. The number of nitrogens with one attached hydrogen (secondary N) is 2. The van der Waals surface area contributed by atoms with E-state index >= 15 is 0 Å². The number of hydrogen-bond acceptors (Lipinski definition) is 2. The molecular formula is C7H13N2O. The van der Waals surface area contributed by atoms with E-state index in [4.69, 9.17) is 5.73 Å². The summed E-state index contributed by atoms with van der Waals surface area (Å²) in [6.45, 7) is 0.898. The maximum Gasteiger partial charge on any atom is 0.255 e. The zero-order valence-electron chi connectivity index (χ0n) is 6.02. The lowest BCUT2D eigenvalue weighted by Crippen LogP contribution is -2.36. The summed E-state index contributed by atoms with van der Waals surface area (Å²) >= 11 is 0. The van der Waals surface area contributed by atoms with Crippen molar-refractivity contribution in [3.05, 3.63) is 0 Å². The lowest BCUT2D eigenvalue weighted by molar-refractivity contribution is -0.120. The Kier molecular flexibility index (Phi) is 2.68. The van der Waals surface area contributed by atoms with E-state index in [0.29, 0.717) is 0 Å². The fraction of sp³-hybridized carbons (Fsp3) is 0.857. The lowest BCUT2D eigenvalue weighted by Gasteiger charge is -2.08. The van der Waals surface area contributed by atoms with Crippen molar-refractivity contribution >= 4 is 5.91 Å². The fourth-order valence-corrected chi connectivity index (χ4v) is 1.25. The van der Waals surface area contributed by atoms with Crippen LogP contribution in [0.5, 0.6) is 0 Å². The van der Waals surface area contributed by atoms with Gasteiger partial charge in [0.25, 0.3) is 5.91 Å². The van der Waals surface area contributed by atoms with E-state index < -0.39 is 5.91 Å². The number of carbonyl (C=O) groups is 1. The molecule has 1 atom stereocenters. The monoisotopic (exact) mass is 141 g/mol. The Hall–Kier alpha value is -0.570. The molecule has 1 unspecified atom stereocenters. The molecule has 3 nitrogen and oxygen atoms in total. The van der Waals surface area contributed by atoms with Crippen molar-refractivity contribution < 1.29 is 4.79 Å². The summed E-state index contributed by atoms with van der Waals surface area (Å²) in [7, 11) is 0. The molecule has 1 heterocycles. The Balaban J connectivity index is 2.35. The minimum absolute atomic E-state index is 0.178. The average Bonchev–Trinajstić information content (AvgIpc) is 2.12. The van der Waals surface area contributed by atoms with Gasteiger partial charge in [-0.25, -0.2) is 0 Å². The molecule has 1 radical (unpaired) electrons. The Morgan fingerprint density at radius 1 is 1.40 bits per heavy atom. The molecule has 0 aromatic rings. The van der Waals surface area contributed by atoms with E-state index in [1.165, 1.54) is 6.42 Å². The second-order valence-electron chi connectivity index (χ2n) is 2.72. The van der Waals surface area contributed by atoms with Crippen molar-refractivity contribution in [2.24, 2.45) is 0 Å². The number of amides is 1. The SMILES string of the molecule is [NH]C(=O)C1CCCCCN1. The van der Waals surface area contributed by atoms with Gasteiger partial charge in [-0.05, 0) is 19.4 Å². The maximum absolute atomic E-state index is 10.6. The molecule has 0 aromatic carbocycles. The second-order valence-corrected chi connectivity index (χ2v) is 2.72. The van der Waals surface area contributed by atoms with Gasteiger partial charge in [0.05, 0.1) is 6.04 Å². The van der Waals surface area contributed by atoms with Crippen molar-refractivity contribution in [1.29, 1.82) is 0 Å². The van der Waals surface area contributed by atoms with Crippen LogP contribution in [0, 0.1) is 0 Å². The highest BCUT2D eigenvalue weighted by Crippen LogP contribution is 2.07. The quantitative estimate of drug-likeness (QED) is 0.572. The third kappa shape index (κ3) is 1.99. The van der Waals surface area contributed by atoms with Gasteiger partial charge < -0.3 is 5.32 Å². The van der Waals surface area contributed by atoms with Crippen LogP contribution in [0.2, 0.25) is 0 Å². The molecule has 1 aliphatic rings. The molecule has 10 heavy (non-hydrogen) atoms. The molecule has 0 spiro atoms. The van der Waals surface area contributed by atoms with Crippen LogP contribution in [0.25, 0.3) is 0 Å². The molecule has 0 aliphatic carbocycles. The molecule has 1 fully saturated rings. The van der Waals surface area contributed by atoms with Crippen LogP contribution in [-0.4, -0.2) is 18.5 Å². The Morgan fingerprint density at radius 2 is 2.20 bits per heavy atom. The summed E-state index contributed by atoms with van der Waals surface area (Å²) in [5.74, 6) is -0.457. The van der Waals surface area contributed by atoms with E-state index in [1.54, 1.807) is 0 Å². The fourth-order valence-electron chi connectivity index (χ4n) is 1.25. The standard InChI is InChI=1S/C7H13N2O/c8-7(10)6-4-2-1-3-5-9-6/h6,8-9H,1-5H2. The van der Waals surface area contributed by atoms with Crippen molar-refractivity contribution in [3.8, 4) is 0 Å². The van der Waals surface area contributed by atoms with Crippen molar-refractivity contribution in [3.63, 3.8) is 0 Å². The van der Waals surface area contributed by atoms with Crippen LogP contribution in [0.4, 0.5) is 0 Å². The molecule has 1 saturated heterocycles. The van der Waals surface area contributed by atoms with Gasteiger partial charge in [0.2, 0.25) is 0 Å². The van der Waals surface area contributed by atoms with Gasteiger partial charge in [0.15, 0.2) is 0 Å². The van der Waals surface area contributed by atoms with Crippen LogP contribution >= 0.6 is 0 Å². The molecular weight excluding hydrogens is 128 g/mol. The van der Waals surface area contributed by atoms with E-state index in [1.807, 2.05) is 0 Å². The van der Waals surface area contributed by atoms with Gasteiger partial charge >= 0.3 is 0 Å². The third-order valence-electron chi connectivity index (χ3n) is 1.88. The van der Waals surface area contributed by atoms with E-state index in [-0.39, 0.29) is 6.04 Å². The normalized spacial score (nSPS) is 27.4. The highest BCUT2D eigenvalue weighted by atomic mass is 16.1. The van der Waals surface area contributed by atoms with Gasteiger partial charge in [-0.1, -0.05) is 12.8 Å². The van der Waals surface area contributed by atoms with E-state index in [0.717, 1.165) is 25.8 Å². The largest absolute Gasteiger partial charge is 0.306 e. The predicted molar refractivity (Wildman–Crippen MR) is 38.4 cm³/mol. The van der Waals surface area contributed by atoms with Gasteiger partial charge in [-0.3, -0.25) is 10.5 Å². The summed E-state index contributed by atoms with van der Waals surface area (Å²) in [4.78, 5) is 10.6. The number of rotatable bonds is 1. The van der Waals surface area contributed by atoms with Crippen molar-refractivity contribution in [1.82, 2.24) is 11.1 Å². The van der Waals surface area contributed by atoms with Gasteiger partial charge in [0, 0.05) is 0 Å². The first-order valence-electron chi connectivity index (χ1n) is 3.79. The van der Waals surface area contributed by atoms with Crippen molar-refractivity contribution in [2.45, 2.75) is 31.7 Å². The van der Waals surface area contributed by atoms with Crippen LogP contribution < -0.4 is 11.1 Å². The molecule has 1 rings (SSSR count). The van der Waals surface area contributed by atoms with Crippen LogP contribution in [-0.2, 0) is 4.79 Å². The molecule has 3 heteroatoms. The molecule has 0 bridgehead atoms. The second kappa shape index (κ2) is 3.56. The topological polar surface area (TPSA) is 52.9 Å². The Labute approximate surface area is 61.0 Å². The molecule has 57 valence electrons. The molecule has 0 saturated carbocycles. The van der Waals surface area contributed by atoms with Crippen molar-refractivity contribution in [2.75, 3.05) is 6.54 Å². The molecule has 1 amide bonds. The Bertz CT molecular complexity index is 117. The van der Waals surface area contributed by atoms with Crippen LogP contribution in [0.15, 0.2) is 0 Å². The highest BCUT2D eigenvalue weighted by Gasteiger charge is 2.16. The Morgan fingerprint density at radius 3 is 2.90 bits per heavy atom. The minimum Gasteiger partial charge on any atom is -0.306 e. The summed E-state index contributed by atoms with van der Waals surface area (Å²) in [6.07, 6.45) is 4.27. The van der Waals surface area contributed by atoms with E-state index in [9.17, 15) is 4.79 Å². The summed E-state index contributed by atoms with van der Waals surface area (Å²) < 4.78 is 0. The first-order chi connectivity index (χ1) is 4.80. The molecule has 0 aromatic heterocycles. The lowest BCUT2D eigenvalue weighted by atomic mass is 10.1.